The fourth-order valence-electron chi connectivity index (χ4n) is 1.75. The zero-order chi connectivity index (χ0) is 12.4. The van der Waals surface area contributed by atoms with E-state index in [0.29, 0.717) is 18.9 Å². The minimum atomic E-state index is -0.246. The van der Waals surface area contributed by atoms with Crippen molar-refractivity contribution in [2.75, 3.05) is 6.54 Å². The molecule has 2 N–H and O–H groups in total. The van der Waals surface area contributed by atoms with Gasteiger partial charge in [-0.05, 0) is 25.0 Å². The van der Waals surface area contributed by atoms with E-state index in [1.54, 1.807) is 6.26 Å². The molecule has 1 saturated carbocycles. The number of carbonyl (C=O) groups is 1. The van der Waals surface area contributed by atoms with Crippen LogP contribution in [0.5, 0.6) is 0 Å². The van der Waals surface area contributed by atoms with E-state index in [0.717, 1.165) is 24.4 Å². The summed E-state index contributed by atoms with van der Waals surface area (Å²) in [4.78, 5) is 15.9. The van der Waals surface area contributed by atoms with E-state index in [-0.39, 0.29) is 11.7 Å². The maximum absolute atomic E-state index is 11.7. The van der Waals surface area contributed by atoms with E-state index in [2.05, 4.69) is 20.5 Å². The van der Waals surface area contributed by atoms with Crippen LogP contribution < -0.4 is 5.32 Å². The summed E-state index contributed by atoms with van der Waals surface area (Å²) in [6.45, 7) is 0.514. The molecule has 2 aromatic heterocycles. The maximum Gasteiger partial charge on any atom is 0.290 e. The molecule has 1 aliphatic carbocycles. The van der Waals surface area contributed by atoms with E-state index in [1.807, 2.05) is 12.1 Å². The number of nitrogens with one attached hydrogen (secondary N) is 2. The topological polar surface area (TPSA) is 83.8 Å². The first-order valence-electron chi connectivity index (χ1n) is 6.06. The van der Waals surface area contributed by atoms with Gasteiger partial charge in [-0.3, -0.25) is 9.89 Å². The monoisotopic (exact) mass is 246 g/mol. The molecule has 6 heteroatoms. The summed E-state index contributed by atoms with van der Waals surface area (Å²) in [5, 5.41) is 9.50. The van der Waals surface area contributed by atoms with E-state index < -0.39 is 0 Å². The lowest BCUT2D eigenvalue weighted by molar-refractivity contribution is 0.0943. The molecular weight excluding hydrogens is 232 g/mol. The molecule has 6 nitrogen and oxygen atoms in total. The number of amides is 1. The lowest BCUT2D eigenvalue weighted by Crippen LogP contribution is -2.26. The number of aromatic amines is 1. The predicted molar refractivity (Wildman–Crippen MR) is 63.1 cm³/mol. The average Bonchev–Trinajstić information content (AvgIpc) is 2.92. The number of carbonyl (C=O) groups excluding carboxylic acids is 1. The molecule has 0 bridgehead atoms. The van der Waals surface area contributed by atoms with Crippen LogP contribution in [-0.4, -0.2) is 27.6 Å². The molecule has 1 fully saturated rings. The molecule has 0 spiro atoms. The van der Waals surface area contributed by atoms with Crippen molar-refractivity contribution in [3.05, 3.63) is 35.8 Å². The van der Waals surface area contributed by atoms with Gasteiger partial charge in [-0.15, -0.1) is 5.10 Å². The summed E-state index contributed by atoms with van der Waals surface area (Å²) in [6.07, 6.45) is 4.55. The van der Waals surface area contributed by atoms with Crippen LogP contribution in [0.3, 0.4) is 0 Å². The van der Waals surface area contributed by atoms with Crippen molar-refractivity contribution in [3.8, 4) is 0 Å². The van der Waals surface area contributed by atoms with Crippen LogP contribution in [0, 0.1) is 0 Å². The number of rotatable bonds is 5. The molecule has 2 aromatic rings. The third-order valence-corrected chi connectivity index (χ3v) is 2.91. The highest BCUT2D eigenvalue weighted by Gasteiger charge is 2.28. The van der Waals surface area contributed by atoms with Crippen LogP contribution in [0.1, 0.15) is 41.0 Å². The van der Waals surface area contributed by atoms with E-state index in [1.165, 1.54) is 0 Å². The molecule has 1 aliphatic rings. The lowest BCUT2D eigenvalue weighted by atomic mass is 10.3. The molecule has 1 amide bonds. The van der Waals surface area contributed by atoms with Gasteiger partial charge in [0.2, 0.25) is 5.82 Å². The Balaban J connectivity index is 1.50. The molecule has 0 atom stereocenters. The van der Waals surface area contributed by atoms with E-state index >= 15 is 0 Å². The fourth-order valence-corrected chi connectivity index (χ4v) is 1.75. The largest absolute Gasteiger partial charge is 0.469 e. The Morgan fingerprint density at radius 2 is 2.44 bits per heavy atom. The van der Waals surface area contributed by atoms with Gasteiger partial charge in [0.05, 0.1) is 6.26 Å². The van der Waals surface area contributed by atoms with Crippen LogP contribution in [0.2, 0.25) is 0 Å². The van der Waals surface area contributed by atoms with Gasteiger partial charge in [0.25, 0.3) is 5.91 Å². The predicted octanol–water partition coefficient (Wildman–Crippen LogP) is 1.25. The third-order valence-electron chi connectivity index (χ3n) is 2.91. The number of furan rings is 1. The summed E-state index contributed by atoms with van der Waals surface area (Å²) in [5.41, 5.74) is 0. The van der Waals surface area contributed by atoms with Gasteiger partial charge in [-0.25, -0.2) is 4.98 Å². The minimum absolute atomic E-state index is 0.219. The zero-order valence-corrected chi connectivity index (χ0v) is 9.85. The maximum atomic E-state index is 11.7. The Labute approximate surface area is 104 Å². The summed E-state index contributed by atoms with van der Waals surface area (Å²) >= 11 is 0. The van der Waals surface area contributed by atoms with Crippen molar-refractivity contribution < 1.29 is 9.21 Å². The zero-order valence-electron chi connectivity index (χ0n) is 9.85. The van der Waals surface area contributed by atoms with Crippen molar-refractivity contribution in [2.45, 2.75) is 25.2 Å². The van der Waals surface area contributed by atoms with Gasteiger partial charge in [0, 0.05) is 18.9 Å². The van der Waals surface area contributed by atoms with Crippen LogP contribution in [0.4, 0.5) is 0 Å². The van der Waals surface area contributed by atoms with Crippen molar-refractivity contribution in [3.63, 3.8) is 0 Å². The number of nitrogens with zero attached hydrogens (tertiary/aromatic N) is 2. The van der Waals surface area contributed by atoms with Gasteiger partial charge in [0.15, 0.2) is 0 Å². The molecular formula is C12H14N4O2. The van der Waals surface area contributed by atoms with E-state index in [9.17, 15) is 4.79 Å². The summed E-state index contributed by atoms with van der Waals surface area (Å²) < 4.78 is 5.18. The molecule has 0 radical (unpaired) electrons. The summed E-state index contributed by atoms with van der Waals surface area (Å²) in [6, 6.07) is 3.71. The molecule has 18 heavy (non-hydrogen) atoms. The molecule has 94 valence electrons. The summed E-state index contributed by atoms with van der Waals surface area (Å²) in [5.74, 6) is 2.12. The van der Waals surface area contributed by atoms with Gasteiger partial charge in [0.1, 0.15) is 11.6 Å². The second-order valence-electron chi connectivity index (χ2n) is 4.40. The van der Waals surface area contributed by atoms with Crippen LogP contribution in [0.25, 0.3) is 0 Å². The molecule has 0 aromatic carbocycles. The highest BCUT2D eigenvalue weighted by Crippen LogP contribution is 2.37. The van der Waals surface area contributed by atoms with Gasteiger partial charge >= 0.3 is 0 Å². The van der Waals surface area contributed by atoms with Crippen LogP contribution >= 0.6 is 0 Å². The second-order valence-corrected chi connectivity index (χ2v) is 4.40. The fraction of sp³-hybridized carbons (Fsp3) is 0.417. The quantitative estimate of drug-likeness (QED) is 0.831. The SMILES string of the molecule is O=C(NCCc1ccco1)c1n[nH]c(C2CC2)n1. The van der Waals surface area contributed by atoms with Crippen molar-refractivity contribution >= 4 is 5.91 Å². The van der Waals surface area contributed by atoms with Gasteiger partial charge in [-0.1, -0.05) is 0 Å². The molecule has 0 unspecified atom stereocenters. The van der Waals surface area contributed by atoms with E-state index in [4.69, 9.17) is 4.42 Å². The van der Waals surface area contributed by atoms with Crippen molar-refractivity contribution in [1.29, 1.82) is 0 Å². The first-order chi connectivity index (χ1) is 8.83. The Kier molecular flexibility index (Phi) is 2.84. The average molecular weight is 246 g/mol. The molecule has 0 aliphatic heterocycles. The molecule has 0 saturated heterocycles. The number of hydrogen-bond acceptors (Lipinski definition) is 4. The summed E-state index contributed by atoms with van der Waals surface area (Å²) in [7, 11) is 0. The Morgan fingerprint density at radius 3 is 3.17 bits per heavy atom. The Bertz CT molecular complexity index is 528. The Morgan fingerprint density at radius 1 is 1.56 bits per heavy atom. The van der Waals surface area contributed by atoms with Crippen LogP contribution in [-0.2, 0) is 6.42 Å². The van der Waals surface area contributed by atoms with Gasteiger partial charge in [-0.2, -0.15) is 0 Å². The highest BCUT2D eigenvalue weighted by molar-refractivity contribution is 5.90. The number of hydrogen-bond donors (Lipinski definition) is 2. The first-order valence-corrected chi connectivity index (χ1v) is 6.06. The molecule has 2 heterocycles. The first kappa shape index (κ1) is 11.0. The highest BCUT2D eigenvalue weighted by atomic mass is 16.3. The van der Waals surface area contributed by atoms with Crippen molar-refractivity contribution in [1.82, 2.24) is 20.5 Å². The number of H-pyrrole nitrogens is 1. The minimum Gasteiger partial charge on any atom is -0.469 e. The molecule has 3 rings (SSSR count). The number of aromatic nitrogens is 3. The standard InChI is InChI=1S/C12H14N4O2/c17-12(13-6-5-9-2-1-7-18-9)11-14-10(15-16-11)8-3-4-8/h1-2,7-8H,3-6H2,(H,13,17)(H,14,15,16). The van der Waals surface area contributed by atoms with Crippen LogP contribution in [0.15, 0.2) is 22.8 Å². The normalized spacial score (nSPS) is 14.7. The van der Waals surface area contributed by atoms with Gasteiger partial charge < -0.3 is 9.73 Å². The lowest BCUT2D eigenvalue weighted by Gasteiger charge is -1.99. The Hall–Kier alpha value is -2.11. The smallest absolute Gasteiger partial charge is 0.290 e. The third kappa shape index (κ3) is 2.42. The second kappa shape index (κ2) is 4.64. The van der Waals surface area contributed by atoms with Crippen molar-refractivity contribution in [2.24, 2.45) is 0 Å².